The molecule has 0 aromatic heterocycles. The van der Waals surface area contributed by atoms with Gasteiger partial charge < -0.3 is 10.0 Å². The van der Waals surface area contributed by atoms with Gasteiger partial charge in [-0.1, -0.05) is 69.3 Å². The first-order valence-corrected chi connectivity index (χ1v) is 11.6. The molecule has 1 amide bonds. The smallest absolute Gasteiger partial charge is 0.369 e. The molecule has 0 bridgehead atoms. The average Bonchev–Trinajstić information content (AvgIpc) is 2.77. The van der Waals surface area contributed by atoms with Gasteiger partial charge in [-0.25, -0.2) is 0 Å². The topological polar surface area (TPSA) is 43.8 Å². The number of aliphatic hydroxyl groups is 1. The van der Waals surface area contributed by atoms with Gasteiger partial charge in [-0.15, -0.1) is 0 Å². The van der Waals surface area contributed by atoms with E-state index in [0.29, 0.717) is 49.3 Å². The van der Waals surface area contributed by atoms with Crippen molar-refractivity contribution in [2.75, 3.05) is 26.2 Å². The molecule has 0 atom stereocenters. The monoisotopic (exact) mass is 516 g/mol. The maximum atomic E-state index is 13.1. The maximum absolute atomic E-state index is 13.1. The van der Waals surface area contributed by atoms with Crippen LogP contribution in [0.4, 0.5) is 26.3 Å². The van der Waals surface area contributed by atoms with E-state index in [4.69, 9.17) is 0 Å². The van der Waals surface area contributed by atoms with Gasteiger partial charge in [0.05, 0.1) is 0 Å². The standard InChI is InChI=1S/C26H30F6N2O2/c1-23(2,3)16-22(35)34-14-12-33(13-15-34)17-18-4-6-19(7-5-18)20-8-10-21(11-9-20)24(36,25(27,28)29)26(30,31)32/h4-11,36H,12-17H2,1-3H3. The van der Waals surface area contributed by atoms with Crippen LogP contribution in [0.5, 0.6) is 0 Å². The molecule has 0 saturated carbocycles. The highest BCUT2D eigenvalue weighted by Gasteiger charge is 2.71. The Bertz CT molecular complexity index is 1020. The van der Waals surface area contributed by atoms with Gasteiger partial charge >= 0.3 is 12.4 Å². The van der Waals surface area contributed by atoms with Crippen molar-refractivity contribution < 1.29 is 36.2 Å². The Morgan fingerprint density at radius 2 is 1.22 bits per heavy atom. The fourth-order valence-electron chi connectivity index (χ4n) is 4.17. The van der Waals surface area contributed by atoms with E-state index in [1.165, 1.54) is 0 Å². The van der Waals surface area contributed by atoms with E-state index in [2.05, 4.69) is 4.90 Å². The summed E-state index contributed by atoms with van der Waals surface area (Å²) in [4.78, 5) is 16.5. The van der Waals surface area contributed by atoms with Gasteiger partial charge in [0.25, 0.3) is 5.60 Å². The minimum absolute atomic E-state index is 0.0613. The van der Waals surface area contributed by atoms with E-state index in [1.54, 1.807) is 12.1 Å². The van der Waals surface area contributed by atoms with Gasteiger partial charge in [-0.3, -0.25) is 9.69 Å². The zero-order valence-electron chi connectivity index (χ0n) is 20.4. The van der Waals surface area contributed by atoms with Crippen LogP contribution in [-0.2, 0) is 16.9 Å². The molecule has 1 heterocycles. The first kappa shape index (κ1) is 28.0. The Morgan fingerprint density at radius 1 is 0.778 bits per heavy atom. The summed E-state index contributed by atoms with van der Waals surface area (Å²) in [5.74, 6) is 0.154. The minimum Gasteiger partial charge on any atom is -0.369 e. The van der Waals surface area contributed by atoms with Crippen molar-refractivity contribution >= 4 is 5.91 Å². The zero-order chi connectivity index (χ0) is 26.9. The zero-order valence-corrected chi connectivity index (χ0v) is 20.4. The first-order chi connectivity index (χ1) is 16.5. The van der Waals surface area contributed by atoms with E-state index < -0.39 is 23.5 Å². The molecule has 198 valence electrons. The molecular weight excluding hydrogens is 486 g/mol. The Hall–Kier alpha value is -2.59. The highest BCUT2D eigenvalue weighted by Crippen LogP contribution is 2.50. The Morgan fingerprint density at radius 3 is 1.64 bits per heavy atom. The van der Waals surface area contributed by atoms with Crippen LogP contribution in [0.1, 0.15) is 38.3 Å². The summed E-state index contributed by atoms with van der Waals surface area (Å²) in [6.07, 6.45) is -11.3. The van der Waals surface area contributed by atoms with Gasteiger partial charge in [0, 0.05) is 44.7 Å². The third kappa shape index (κ3) is 6.21. The number of hydrogen-bond acceptors (Lipinski definition) is 3. The summed E-state index contributed by atoms with van der Waals surface area (Å²) in [7, 11) is 0. The average molecular weight is 517 g/mol. The fourth-order valence-corrected chi connectivity index (χ4v) is 4.17. The molecule has 1 saturated heterocycles. The predicted octanol–water partition coefficient (Wildman–Crippen LogP) is 5.75. The second-order valence-electron chi connectivity index (χ2n) is 10.4. The number of carbonyl (C=O) groups excluding carboxylic acids is 1. The molecule has 0 spiro atoms. The first-order valence-electron chi connectivity index (χ1n) is 11.6. The summed E-state index contributed by atoms with van der Waals surface area (Å²) in [5.41, 5.74) is -4.26. The number of rotatable bonds is 5. The Kier molecular flexibility index (Phi) is 7.81. The number of nitrogens with zero attached hydrogens (tertiary/aromatic N) is 2. The molecule has 1 aliphatic rings. The summed E-state index contributed by atoms with van der Waals surface area (Å²) in [5, 5.41) is 9.53. The molecule has 4 nitrogen and oxygen atoms in total. The molecule has 0 radical (unpaired) electrons. The second kappa shape index (κ2) is 10.0. The molecule has 36 heavy (non-hydrogen) atoms. The number of alkyl halides is 6. The van der Waals surface area contributed by atoms with Crippen LogP contribution in [0.2, 0.25) is 0 Å². The fraction of sp³-hybridized carbons (Fsp3) is 0.500. The van der Waals surface area contributed by atoms with Crippen LogP contribution < -0.4 is 0 Å². The molecule has 2 aromatic rings. The number of hydrogen-bond donors (Lipinski definition) is 1. The normalized spacial score (nSPS) is 16.3. The van der Waals surface area contributed by atoms with Crippen molar-refractivity contribution in [2.24, 2.45) is 5.41 Å². The lowest BCUT2D eigenvalue weighted by Gasteiger charge is -2.36. The molecule has 10 heteroatoms. The van der Waals surface area contributed by atoms with Crippen molar-refractivity contribution in [3.63, 3.8) is 0 Å². The van der Waals surface area contributed by atoms with Crippen LogP contribution in [0, 0.1) is 5.41 Å². The second-order valence-corrected chi connectivity index (χ2v) is 10.4. The minimum atomic E-state index is -5.92. The summed E-state index contributed by atoms with van der Waals surface area (Å²) < 4.78 is 78.5. The number of halogens is 6. The highest BCUT2D eigenvalue weighted by atomic mass is 19.4. The lowest BCUT2D eigenvalue weighted by molar-refractivity contribution is -0.376. The van der Waals surface area contributed by atoms with Crippen molar-refractivity contribution in [3.05, 3.63) is 59.7 Å². The van der Waals surface area contributed by atoms with E-state index >= 15 is 0 Å². The quantitative estimate of drug-likeness (QED) is 0.515. The molecule has 2 aromatic carbocycles. The van der Waals surface area contributed by atoms with Gasteiger partial charge in [0.15, 0.2) is 0 Å². The van der Waals surface area contributed by atoms with Crippen LogP contribution in [0.15, 0.2) is 48.5 Å². The number of piperazine rings is 1. The van der Waals surface area contributed by atoms with E-state index in [-0.39, 0.29) is 11.3 Å². The Balaban J connectivity index is 1.63. The molecule has 3 rings (SSSR count). The third-order valence-corrected chi connectivity index (χ3v) is 6.22. The van der Waals surface area contributed by atoms with Crippen molar-refractivity contribution in [1.82, 2.24) is 9.80 Å². The van der Waals surface area contributed by atoms with E-state index in [0.717, 1.165) is 30.8 Å². The van der Waals surface area contributed by atoms with E-state index in [1.807, 2.05) is 37.8 Å². The number of carbonyl (C=O) groups is 1. The third-order valence-electron chi connectivity index (χ3n) is 6.22. The molecule has 1 aliphatic heterocycles. The van der Waals surface area contributed by atoms with Crippen molar-refractivity contribution in [2.45, 2.75) is 51.7 Å². The molecule has 1 fully saturated rings. The Labute approximate surface area is 206 Å². The van der Waals surface area contributed by atoms with Gasteiger partial charge in [-0.05, 0) is 22.1 Å². The summed E-state index contributed by atoms with van der Waals surface area (Å²) >= 11 is 0. The van der Waals surface area contributed by atoms with Crippen LogP contribution >= 0.6 is 0 Å². The molecule has 1 N–H and O–H groups in total. The highest BCUT2D eigenvalue weighted by molar-refractivity contribution is 5.77. The summed E-state index contributed by atoms with van der Waals surface area (Å²) in [6.45, 7) is 9.53. The predicted molar refractivity (Wildman–Crippen MR) is 124 cm³/mol. The molecular formula is C26H30F6N2O2. The van der Waals surface area contributed by atoms with Crippen molar-refractivity contribution in [3.8, 4) is 11.1 Å². The lowest BCUT2D eigenvalue weighted by Crippen LogP contribution is -2.53. The van der Waals surface area contributed by atoms with Gasteiger partial charge in [0.1, 0.15) is 0 Å². The largest absolute Gasteiger partial charge is 0.430 e. The SMILES string of the molecule is CC(C)(C)CC(=O)N1CCN(Cc2ccc(-c3ccc(C(O)(C(F)(F)F)C(F)(F)F)cc3)cc2)CC1. The van der Waals surface area contributed by atoms with Crippen molar-refractivity contribution in [1.29, 1.82) is 0 Å². The van der Waals surface area contributed by atoms with Gasteiger partial charge in [0.2, 0.25) is 5.91 Å². The van der Waals surface area contributed by atoms with Crippen LogP contribution in [0.25, 0.3) is 11.1 Å². The number of amides is 1. The molecule has 0 aliphatic carbocycles. The maximum Gasteiger partial charge on any atom is 0.430 e. The van der Waals surface area contributed by atoms with E-state index in [9.17, 15) is 36.2 Å². The molecule has 0 unspecified atom stereocenters. The van der Waals surface area contributed by atoms with Crippen LogP contribution in [-0.4, -0.2) is 59.3 Å². The van der Waals surface area contributed by atoms with Gasteiger partial charge in [-0.2, -0.15) is 26.3 Å². The summed E-state index contributed by atoms with van der Waals surface area (Å²) in [6, 6.07) is 10.7. The number of benzene rings is 2. The lowest BCUT2D eigenvalue weighted by atomic mass is 9.90. The van der Waals surface area contributed by atoms with Crippen LogP contribution in [0.3, 0.4) is 0 Å².